The van der Waals surface area contributed by atoms with E-state index >= 15 is 0 Å². The average Bonchev–Trinajstić information content (AvgIpc) is 3.32. The van der Waals surface area contributed by atoms with Gasteiger partial charge in [-0.05, 0) is 37.3 Å². The predicted octanol–water partition coefficient (Wildman–Crippen LogP) is 5.09. The molecular weight excluding hydrogens is 362 g/mol. The predicted molar refractivity (Wildman–Crippen MR) is 112 cm³/mol. The maximum Gasteiger partial charge on any atom is 0.227 e. The first-order chi connectivity index (χ1) is 14.3. The van der Waals surface area contributed by atoms with Crippen LogP contribution in [0.25, 0.3) is 50.2 Å². The van der Waals surface area contributed by atoms with Gasteiger partial charge in [0, 0.05) is 22.2 Å². The van der Waals surface area contributed by atoms with E-state index in [0.29, 0.717) is 5.71 Å². The van der Waals surface area contributed by atoms with Crippen LogP contribution in [-0.4, -0.2) is 24.7 Å². The minimum atomic E-state index is 0.637. The Bertz CT molecular complexity index is 1510. The molecule has 0 N–H and O–H groups in total. The second-order valence-electron chi connectivity index (χ2n) is 6.96. The lowest BCUT2D eigenvalue weighted by atomic mass is 10.1. The molecule has 2 aromatic carbocycles. The van der Waals surface area contributed by atoms with Crippen LogP contribution in [0.1, 0.15) is 5.69 Å². The lowest BCUT2D eigenvalue weighted by molar-refractivity contribution is 0.653. The van der Waals surface area contributed by atoms with E-state index in [0.717, 1.165) is 50.2 Å². The van der Waals surface area contributed by atoms with Gasteiger partial charge in [-0.2, -0.15) is 10.2 Å². The van der Waals surface area contributed by atoms with Crippen LogP contribution >= 0.6 is 0 Å². The molecule has 0 saturated carbocycles. The van der Waals surface area contributed by atoms with Gasteiger partial charge in [0.25, 0.3) is 0 Å². The van der Waals surface area contributed by atoms with Gasteiger partial charge in [0.2, 0.25) is 5.71 Å². The van der Waals surface area contributed by atoms with Crippen molar-refractivity contribution in [1.82, 2.24) is 24.7 Å². The molecule has 4 heterocycles. The van der Waals surface area contributed by atoms with Crippen molar-refractivity contribution in [2.24, 2.45) is 0 Å². The van der Waals surface area contributed by atoms with Crippen molar-refractivity contribution in [3.8, 4) is 17.1 Å². The second kappa shape index (κ2) is 5.97. The quantitative estimate of drug-likeness (QED) is 0.421. The summed E-state index contributed by atoms with van der Waals surface area (Å²) < 4.78 is 8.30. The Balaban J connectivity index is 1.73. The van der Waals surface area contributed by atoms with Gasteiger partial charge in [-0.3, -0.25) is 4.57 Å². The topological polar surface area (TPSA) is 69.6 Å². The fourth-order valence-electron chi connectivity index (χ4n) is 3.81. The Morgan fingerprint density at radius 2 is 1.66 bits per heavy atom. The summed E-state index contributed by atoms with van der Waals surface area (Å²) in [5.41, 5.74) is 5.90. The molecule has 6 rings (SSSR count). The van der Waals surface area contributed by atoms with E-state index in [2.05, 4.69) is 44.0 Å². The first kappa shape index (κ1) is 15.9. The fraction of sp³-hybridized carbons (Fsp3) is 0.0435. The second-order valence-corrected chi connectivity index (χ2v) is 6.96. The van der Waals surface area contributed by atoms with Crippen molar-refractivity contribution < 1.29 is 4.42 Å². The summed E-state index contributed by atoms with van der Waals surface area (Å²) in [6.45, 7) is 1.96. The number of furan rings is 1. The number of imidazole rings is 1. The van der Waals surface area contributed by atoms with Gasteiger partial charge < -0.3 is 4.42 Å². The molecule has 0 saturated heterocycles. The molecule has 138 valence electrons. The summed E-state index contributed by atoms with van der Waals surface area (Å²) in [6.07, 6.45) is 3.42. The van der Waals surface area contributed by atoms with Crippen LogP contribution in [0.15, 0.2) is 77.5 Å². The number of nitrogens with zero attached hydrogens (tertiary/aromatic N) is 5. The van der Waals surface area contributed by atoms with Crippen LogP contribution < -0.4 is 0 Å². The molecule has 0 aliphatic carbocycles. The summed E-state index contributed by atoms with van der Waals surface area (Å²) in [5.74, 6) is 0.780. The van der Waals surface area contributed by atoms with Crippen molar-refractivity contribution >= 4 is 33.1 Å². The van der Waals surface area contributed by atoms with Crippen molar-refractivity contribution in [3.63, 3.8) is 0 Å². The smallest absolute Gasteiger partial charge is 0.227 e. The third-order valence-electron chi connectivity index (χ3n) is 5.13. The summed E-state index contributed by atoms with van der Waals surface area (Å²) in [5, 5.41) is 10.1. The largest absolute Gasteiger partial charge is 0.437 e. The summed E-state index contributed by atoms with van der Waals surface area (Å²) in [7, 11) is 0. The van der Waals surface area contributed by atoms with E-state index < -0.39 is 0 Å². The number of para-hydroxylation sites is 2. The lowest BCUT2D eigenvalue weighted by Gasteiger charge is -2.09. The summed E-state index contributed by atoms with van der Waals surface area (Å²) >= 11 is 0. The Morgan fingerprint density at radius 3 is 2.55 bits per heavy atom. The first-order valence-electron chi connectivity index (χ1n) is 9.33. The van der Waals surface area contributed by atoms with Gasteiger partial charge in [-0.1, -0.05) is 30.3 Å². The molecule has 6 heteroatoms. The number of aryl methyl sites for hydroxylation is 1. The number of pyridine rings is 1. The molecule has 0 amide bonds. The standard InChI is InChI=1S/C23H15N5O/c1-14-10-11-17-16-8-5-9-18(21(16)29-23(17)26-14)22-27-19-12-24-25-13-20(19)28(22)15-6-3-2-4-7-15/h2-13H,1H3. The highest BCUT2D eigenvalue weighted by Gasteiger charge is 2.20. The van der Waals surface area contributed by atoms with E-state index in [-0.39, 0.29) is 0 Å². The fourth-order valence-corrected chi connectivity index (χ4v) is 3.81. The highest BCUT2D eigenvalue weighted by atomic mass is 16.3. The van der Waals surface area contributed by atoms with Crippen molar-refractivity contribution in [3.05, 3.63) is 78.8 Å². The molecule has 0 aliphatic rings. The van der Waals surface area contributed by atoms with Crippen molar-refractivity contribution in [1.29, 1.82) is 0 Å². The summed E-state index contributed by atoms with van der Waals surface area (Å²) in [6, 6.07) is 20.3. The van der Waals surface area contributed by atoms with Crippen LogP contribution in [0.3, 0.4) is 0 Å². The Morgan fingerprint density at radius 1 is 0.793 bits per heavy atom. The van der Waals surface area contributed by atoms with Crippen LogP contribution in [-0.2, 0) is 0 Å². The number of hydrogen-bond donors (Lipinski definition) is 0. The minimum absolute atomic E-state index is 0.637. The SMILES string of the molecule is Cc1ccc2c(n1)oc1c(-c3nc4cnncc4n3-c3ccccc3)cccc12. The number of aromatic nitrogens is 5. The maximum absolute atomic E-state index is 6.21. The number of rotatable bonds is 2. The Labute approximate surface area is 165 Å². The maximum atomic E-state index is 6.21. The van der Waals surface area contributed by atoms with Crippen molar-refractivity contribution in [2.75, 3.05) is 0 Å². The minimum Gasteiger partial charge on any atom is -0.437 e. The molecule has 0 spiro atoms. The highest BCUT2D eigenvalue weighted by Crippen LogP contribution is 2.36. The van der Waals surface area contributed by atoms with E-state index in [9.17, 15) is 0 Å². The number of benzene rings is 2. The van der Waals surface area contributed by atoms with Crippen LogP contribution in [0.5, 0.6) is 0 Å². The molecule has 6 aromatic rings. The van der Waals surface area contributed by atoms with Crippen molar-refractivity contribution in [2.45, 2.75) is 6.92 Å². The Hall–Kier alpha value is -4.06. The summed E-state index contributed by atoms with van der Waals surface area (Å²) in [4.78, 5) is 9.43. The third-order valence-corrected chi connectivity index (χ3v) is 5.13. The normalized spacial score (nSPS) is 11.6. The van der Waals surface area contributed by atoms with E-state index in [1.165, 1.54) is 0 Å². The van der Waals surface area contributed by atoms with Gasteiger partial charge in [-0.25, -0.2) is 9.97 Å². The lowest BCUT2D eigenvalue weighted by Crippen LogP contribution is -1.97. The molecule has 0 aliphatic heterocycles. The molecule has 4 aromatic heterocycles. The number of hydrogen-bond acceptors (Lipinski definition) is 5. The molecule has 0 fully saturated rings. The van der Waals surface area contributed by atoms with Crippen LogP contribution in [0.4, 0.5) is 0 Å². The Kier molecular flexibility index (Phi) is 3.28. The van der Waals surface area contributed by atoms with E-state index in [1.54, 1.807) is 12.4 Å². The molecule has 29 heavy (non-hydrogen) atoms. The van der Waals surface area contributed by atoms with Gasteiger partial charge in [-0.15, -0.1) is 0 Å². The van der Waals surface area contributed by atoms with Gasteiger partial charge >= 0.3 is 0 Å². The van der Waals surface area contributed by atoms with Crippen LogP contribution in [0, 0.1) is 6.92 Å². The van der Waals surface area contributed by atoms with E-state index in [4.69, 9.17) is 9.40 Å². The highest BCUT2D eigenvalue weighted by molar-refractivity contribution is 6.08. The molecule has 0 bridgehead atoms. The monoisotopic (exact) mass is 377 g/mol. The zero-order chi connectivity index (χ0) is 19.4. The van der Waals surface area contributed by atoms with Gasteiger partial charge in [0.15, 0.2) is 0 Å². The van der Waals surface area contributed by atoms with E-state index in [1.807, 2.05) is 43.3 Å². The average molecular weight is 377 g/mol. The third kappa shape index (κ3) is 2.36. The number of fused-ring (bicyclic) bond motifs is 4. The zero-order valence-corrected chi connectivity index (χ0v) is 15.6. The molecule has 0 radical (unpaired) electrons. The molecular formula is C23H15N5O. The first-order valence-corrected chi connectivity index (χ1v) is 9.33. The molecule has 6 nitrogen and oxygen atoms in total. The van der Waals surface area contributed by atoms with Gasteiger partial charge in [0.1, 0.15) is 16.9 Å². The molecule has 0 unspecified atom stereocenters. The molecule has 0 atom stereocenters. The van der Waals surface area contributed by atoms with Gasteiger partial charge in [0.05, 0.1) is 23.5 Å². The van der Waals surface area contributed by atoms with Crippen LogP contribution in [0.2, 0.25) is 0 Å². The zero-order valence-electron chi connectivity index (χ0n) is 15.6.